The Labute approximate surface area is 175 Å². The molecule has 2 saturated heterocycles. The summed E-state index contributed by atoms with van der Waals surface area (Å²) < 4.78 is 27.3. The normalized spacial score (nSPS) is 18.8. The SMILES string of the molecule is O=C(c1ccccc1)C1CCN(C(=O)c2sccc2S(=O)(=O)N2CCCC2)CC1. The molecule has 154 valence electrons. The van der Waals surface area contributed by atoms with Crippen molar-refractivity contribution < 1.29 is 18.0 Å². The summed E-state index contributed by atoms with van der Waals surface area (Å²) in [5.41, 5.74) is 0.703. The van der Waals surface area contributed by atoms with Crippen LogP contribution in [0.4, 0.5) is 0 Å². The summed E-state index contributed by atoms with van der Waals surface area (Å²) in [6.07, 6.45) is 2.91. The number of thiophene rings is 1. The number of carbonyl (C=O) groups is 2. The Hall–Kier alpha value is -2.03. The number of ketones is 1. The first-order valence-corrected chi connectivity index (χ1v) is 12.3. The lowest BCUT2D eigenvalue weighted by Crippen LogP contribution is -2.40. The first-order valence-electron chi connectivity index (χ1n) is 9.94. The van der Waals surface area contributed by atoms with Gasteiger partial charge >= 0.3 is 0 Å². The van der Waals surface area contributed by atoms with Gasteiger partial charge in [-0.15, -0.1) is 11.3 Å². The number of rotatable bonds is 5. The largest absolute Gasteiger partial charge is 0.338 e. The van der Waals surface area contributed by atoms with Gasteiger partial charge in [0.25, 0.3) is 5.91 Å². The van der Waals surface area contributed by atoms with Crippen LogP contribution >= 0.6 is 11.3 Å². The summed E-state index contributed by atoms with van der Waals surface area (Å²) in [6, 6.07) is 10.8. The summed E-state index contributed by atoms with van der Waals surface area (Å²) in [7, 11) is -3.63. The van der Waals surface area contributed by atoms with E-state index in [0.29, 0.717) is 44.6 Å². The van der Waals surface area contributed by atoms with E-state index in [2.05, 4.69) is 0 Å². The fraction of sp³-hybridized carbons (Fsp3) is 0.429. The van der Waals surface area contributed by atoms with Gasteiger partial charge in [-0.3, -0.25) is 9.59 Å². The molecule has 0 radical (unpaired) electrons. The zero-order chi connectivity index (χ0) is 20.4. The van der Waals surface area contributed by atoms with Gasteiger partial charge in [0.2, 0.25) is 10.0 Å². The van der Waals surface area contributed by atoms with Crippen molar-refractivity contribution in [2.75, 3.05) is 26.2 Å². The highest BCUT2D eigenvalue weighted by molar-refractivity contribution is 7.89. The van der Waals surface area contributed by atoms with Gasteiger partial charge in [0.15, 0.2) is 5.78 Å². The van der Waals surface area contributed by atoms with Crippen LogP contribution < -0.4 is 0 Å². The standard InChI is InChI=1S/C21H24N2O4S2/c24-19(16-6-2-1-3-7-16)17-8-13-22(14-9-17)21(25)20-18(10-15-28-20)29(26,27)23-11-4-5-12-23/h1-3,6-7,10,15,17H,4-5,8-9,11-14H2. The Morgan fingerprint density at radius 3 is 2.24 bits per heavy atom. The molecule has 0 atom stereocenters. The van der Waals surface area contributed by atoms with Crippen LogP contribution in [0.15, 0.2) is 46.7 Å². The number of nitrogens with zero attached hydrogens (tertiary/aromatic N) is 2. The number of benzene rings is 1. The van der Waals surface area contributed by atoms with Crippen molar-refractivity contribution in [3.8, 4) is 0 Å². The predicted octanol–water partition coefficient (Wildman–Crippen LogP) is 3.27. The van der Waals surface area contributed by atoms with E-state index in [0.717, 1.165) is 12.8 Å². The Kier molecular flexibility index (Phi) is 5.85. The van der Waals surface area contributed by atoms with Crippen LogP contribution in [0.1, 0.15) is 45.7 Å². The van der Waals surface area contributed by atoms with E-state index < -0.39 is 10.0 Å². The van der Waals surface area contributed by atoms with Crippen molar-refractivity contribution >= 4 is 33.1 Å². The highest BCUT2D eigenvalue weighted by atomic mass is 32.2. The minimum absolute atomic E-state index is 0.0995. The molecule has 1 aromatic heterocycles. The number of sulfonamides is 1. The zero-order valence-electron chi connectivity index (χ0n) is 16.1. The molecule has 0 N–H and O–H groups in total. The van der Waals surface area contributed by atoms with Crippen LogP contribution in [0.5, 0.6) is 0 Å². The van der Waals surface area contributed by atoms with Gasteiger partial charge in [0.05, 0.1) is 0 Å². The van der Waals surface area contributed by atoms with Crippen molar-refractivity contribution in [1.29, 1.82) is 0 Å². The van der Waals surface area contributed by atoms with Gasteiger partial charge in [-0.2, -0.15) is 4.31 Å². The van der Waals surface area contributed by atoms with E-state index in [1.807, 2.05) is 30.3 Å². The first kappa shape index (κ1) is 20.3. The van der Waals surface area contributed by atoms with Crippen molar-refractivity contribution in [2.24, 2.45) is 5.92 Å². The number of hydrogen-bond donors (Lipinski definition) is 0. The summed E-state index contributed by atoms with van der Waals surface area (Å²) in [4.78, 5) is 27.8. The molecule has 0 aliphatic carbocycles. The third-order valence-corrected chi connectivity index (χ3v) is 8.69. The Morgan fingerprint density at radius 1 is 0.931 bits per heavy atom. The summed E-state index contributed by atoms with van der Waals surface area (Å²) >= 11 is 1.18. The second kappa shape index (κ2) is 8.38. The molecule has 4 rings (SSSR count). The topological polar surface area (TPSA) is 74.8 Å². The molecule has 0 bridgehead atoms. The molecule has 0 unspecified atom stereocenters. The Morgan fingerprint density at radius 2 is 1.59 bits per heavy atom. The maximum atomic E-state index is 13.1. The summed E-state index contributed by atoms with van der Waals surface area (Å²) in [6.45, 7) is 1.95. The molecule has 0 saturated carbocycles. The van der Waals surface area contributed by atoms with Crippen LogP contribution in [0.2, 0.25) is 0 Å². The number of piperidine rings is 1. The minimum Gasteiger partial charge on any atom is -0.338 e. The maximum Gasteiger partial charge on any atom is 0.265 e. The van der Waals surface area contributed by atoms with Gasteiger partial charge in [-0.25, -0.2) is 8.42 Å². The van der Waals surface area contributed by atoms with Crippen LogP contribution in [-0.4, -0.2) is 55.5 Å². The van der Waals surface area contributed by atoms with E-state index in [1.54, 1.807) is 10.3 Å². The van der Waals surface area contributed by atoms with Crippen LogP contribution in [0.25, 0.3) is 0 Å². The molecule has 29 heavy (non-hydrogen) atoms. The van der Waals surface area contributed by atoms with Crippen molar-refractivity contribution in [1.82, 2.24) is 9.21 Å². The van der Waals surface area contributed by atoms with Crippen molar-refractivity contribution in [2.45, 2.75) is 30.6 Å². The highest BCUT2D eigenvalue weighted by Crippen LogP contribution is 2.30. The van der Waals surface area contributed by atoms with Gasteiger partial charge in [-0.1, -0.05) is 30.3 Å². The zero-order valence-corrected chi connectivity index (χ0v) is 17.8. The maximum absolute atomic E-state index is 13.1. The monoisotopic (exact) mass is 432 g/mol. The fourth-order valence-electron chi connectivity index (χ4n) is 4.05. The lowest BCUT2D eigenvalue weighted by atomic mass is 9.89. The number of Topliss-reactive ketones (excluding diaryl/α,β-unsaturated/α-hetero) is 1. The molecular formula is C21H24N2O4S2. The van der Waals surface area contributed by atoms with E-state index >= 15 is 0 Å². The van der Waals surface area contributed by atoms with E-state index in [1.165, 1.54) is 21.7 Å². The van der Waals surface area contributed by atoms with E-state index in [-0.39, 0.29) is 27.4 Å². The molecule has 2 aliphatic heterocycles. The third-order valence-electron chi connectivity index (χ3n) is 5.72. The molecule has 2 aliphatic rings. The lowest BCUT2D eigenvalue weighted by Gasteiger charge is -2.31. The highest BCUT2D eigenvalue weighted by Gasteiger charge is 2.35. The number of amides is 1. The number of carbonyl (C=O) groups excluding carboxylic acids is 2. The molecule has 2 aromatic rings. The molecule has 1 amide bonds. The average Bonchev–Trinajstić information content (AvgIpc) is 3.46. The Bertz CT molecular complexity index is 987. The average molecular weight is 433 g/mol. The van der Waals surface area contributed by atoms with Gasteiger partial charge in [0.1, 0.15) is 9.77 Å². The van der Waals surface area contributed by atoms with Crippen molar-refractivity contribution in [3.63, 3.8) is 0 Å². The molecule has 6 nitrogen and oxygen atoms in total. The first-order chi connectivity index (χ1) is 14.0. The second-order valence-corrected chi connectivity index (χ2v) is 10.3. The van der Waals surface area contributed by atoms with Crippen molar-refractivity contribution in [3.05, 3.63) is 52.2 Å². The molecule has 1 aromatic carbocycles. The molecule has 3 heterocycles. The fourth-order valence-corrected chi connectivity index (χ4v) is 6.93. The van der Waals surface area contributed by atoms with Gasteiger partial charge in [0, 0.05) is 37.7 Å². The molecule has 2 fully saturated rings. The molecule has 8 heteroatoms. The number of hydrogen-bond acceptors (Lipinski definition) is 5. The molecule has 0 spiro atoms. The van der Waals surface area contributed by atoms with Gasteiger partial charge < -0.3 is 4.90 Å². The van der Waals surface area contributed by atoms with Crippen LogP contribution in [-0.2, 0) is 10.0 Å². The summed E-state index contributed by atoms with van der Waals surface area (Å²) in [5.74, 6) is -0.230. The van der Waals surface area contributed by atoms with E-state index in [9.17, 15) is 18.0 Å². The lowest BCUT2D eigenvalue weighted by molar-refractivity contribution is 0.0651. The Balaban J connectivity index is 1.45. The second-order valence-electron chi connectivity index (χ2n) is 7.52. The smallest absolute Gasteiger partial charge is 0.265 e. The minimum atomic E-state index is -3.63. The van der Waals surface area contributed by atoms with E-state index in [4.69, 9.17) is 0 Å². The van der Waals surface area contributed by atoms with Crippen LogP contribution in [0.3, 0.4) is 0 Å². The van der Waals surface area contributed by atoms with Crippen LogP contribution in [0, 0.1) is 5.92 Å². The molecular weight excluding hydrogens is 408 g/mol. The summed E-state index contributed by atoms with van der Waals surface area (Å²) in [5, 5.41) is 1.67. The quantitative estimate of drug-likeness (QED) is 0.680. The third kappa shape index (κ3) is 4.01. The predicted molar refractivity (Wildman–Crippen MR) is 112 cm³/mol. The number of likely N-dealkylation sites (tertiary alicyclic amines) is 1. The van der Waals surface area contributed by atoms with Gasteiger partial charge in [-0.05, 0) is 37.1 Å².